The van der Waals surface area contributed by atoms with Crippen LogP contribution in [0.5, 0.6) is 0 Å². The van der Waals surface area contributed by atoms with E-state index in [9.17, 15) is 27.6 Å². The lowest BCUT2D eigenvalue weighted by Crippen LogP contribution is -2.61. The first-order valence-corrected chi connectivity index (χ1v) is 10.1. The Hall–Kier alpha value is -3.13. The summed E-state index contributed by atoms with van der Waals surface area (Å²) in [4.78, 5) is 41.4. The molecule has 8 nitrogen and oxygen atoms in total. The van der Waals surface area contributed by atoms with Gasteiger partial charge >= 0.3 is 12.2 Å². The molecule has 32 heavy (non-hydrogen) atoms. The summed E-state index contributed by atoms with van der Waals surface area (Å²) in [6, 6.07) is 3.90. The van der Waals surface area contributed by atoms with Gasteiger partial charge in [0.05, 0.1) is 59.0 Å². The van der Waals surface area contributed by atoms with E-state index in [1.54, 1.807) is 20.8 Å². The van der Waals surface area contributed by atoms with Gasteiger partial charge in [-0.15, -0.1) is 0 Å². The van der Waals surface area contributed by atoms with Crippen molar-refractivity contribution >= 4 is 23.5 Å². The molecule has 3 fully saturated rings. The summed E-state index contributed by atoms with van der Waals surface area (Å²) >= 11 is 0. The Bertz CT molecular complexity index is 1030. The van der Waals surface area contributed by atoms with Crippen molar-refractivity contribution in [3.05, 3.63) is 29.3 Å². The van der Waals surface area contributed by atoms with Crippen LogP contribution in [0.2, 0.25) is 0 Å². The van der Waals surface area contributed by atoms with Crippen molar-refractivity contribution in [2.45, 2.75) is 38.1 Å². The third-order valence-electron chi connectivity index (χ3n) is 6.40. The number of urea groups is 1. The molecule has 2 bridgehead atoms. The van der Waals surface area contributed by atoms with E-state index in [2.05, 4.69) is 5.32 Å². The molecule has 0 radical (unpaired) electrons. The van der Waals surface area contributed by atoms with Crippen LogP contribution in [0.15, 0.2) is 18.2 Å². The van der Waals surface area contributed by atoms with Crippen molar-refractivity contribution < 1.29 is 32.3 Å². The highest BCUT2D eigenvalue weighted by Gasteiger charge is 2.72. The van der Waals surface area contributed by atoms with Crippen molar-refractivity contribution in [2.75, 3.05) is 24.5 Å². The Labute approximate surface area is 181 Å². The highest BCUT2D eigenvalue weighted by atomic mass is 19.4. The van der Waals surface area contributed by atoms with Crippen molar-refractivity contribution in [3.63, 3.8) is 0 Å². The first-order valence-electron chi connectivity index (χ1n) is 10.1. The van der Waals surface area contributed by atoms with E-state index in [1.807, 2.05) is 0 Å². The van der Waals surface area contributed by atoms with E-state index in [1.165, 1.54) is 11.0 Å². The summed E-state index contributed by atoms with van der Waals surface area (Å²) in [7, 11) is 0. The van der Waals surface area contributed by atoms with Gasteiger partial charge in [-0.05, 0) is 39.0 Å². The maximum absolute atomic E-state index is 13.4. The largest absolute Gasteiger partial charge is 0.417 e. The second-order valence-electron chi connectivity index (χ2n) is 8.73. The number of morpholine rings is 1. The first kappa shape index (κ1) is 22.1. The predicted octanol–water partition coefficient (Wildman–Crippen LogP) is 2.28. The molecular weight excluding hydrogens is 429 g/mol. The number of carbonyl (C=O) groups excluding carboxylic acids is 3. The van der Waals surface area contributed by atoms with Gasteiger partial charge in [0.15, 0.2) is 0 Å². The lowest BCUT2D eigenvalue weighted by atomic mass is 9.79. The maximum Gasteiger partial charge on any atom is 0.417 e. The summed E-state index contributed by atoms with van der Waals surface area (Å²) in [5.41, 5.74) is -4.41. The summed E-state index contributed by atoms with van der Waals surface area (Å²) in [5, 5.41) is 11.7. The van der Waals surface area contributed by atoms with Crippen LogP contribution in [0.25, 0.3) is 0 Å². The molecule has 3 saturated heterocycles. The van der Waals surface area contributed by atoms with Crippen molar-refractivity contribution in [1.82, 2.24) is 10.2 Å². The summed E-state index contributed by atoms with van der Waals surface area (Å²) in [5.74, 6) is -3.27. The fourth-order valence-electron chi connectivity index (χ4n) is 5.30. The van der Waals surface area contributed by atoms with Crippen molar-refractivity contribution in [1.29, 1.82) is 5.26 Å². The van der Waals surface area contributed by atoms with E-state index in [0.717, 1.165) is 17.0 Å². The van der Waals surface area contributed by atoms with Gasteiger partial charge in [-0.3, -0.25) is 9.59 Å². The molecule has 1 aromatic carbocycles. The second kappa shape index (κ2) is 6.93. The highest BCUT2D eigenvalue weighted by molar-refractivity contribution is 6.23. The molecule has 4 amide bonds. The monoisotopic (exact) mass is 450 g/mol. The smallest absolute Gasteiger partial charge is 0.364 e. The lowest BCUT2D eigenvalue weighted by molar-refractivity contribution is -0.161. The van der Waals surface area contributed by atoms with Gasteiger partial charge in [-0.2, -0.15) is 18.4 Å². The molecule has 3 aliphatic heterocycles. The number of likely N-dealkylation sites (tertiary alicyclic amines) is 1. The minimum Gasteiger partial charge on any atom is -0.364 e. The zero-order valence-corrected chi connectivity index (χ0v) is 17.6. The maximum atomic E-state index is 13.4. The second-order valence-corrected chi connectivity index (χ2v) is 8.73. The number of hydrogen-bond donors (Lipinski definition) is 1. The number of imide groups is 1. The number of nitrogens with one attached hydrogen (secondary N) is 1. The van der Waals surface area contributed by atoms with Crippen LogP contribution in [-0.4, -0.2) is 53.6 Å². The first-order chi connectivity index (χ1) is 14.9. The van der Waals surface area contributed by atoms with E-state index in [0.29, 0.717) is 12.6 Å². The fourth-order valence-corrected chi connectivity index (χ4v) is 5.30. The molecule has 0 aliphatic carbocycles. The number of nitriles is 1. The number of alkyl halides is 3. The zero-order valence-electron chi connectivity index (χ0n) is 17.6. The average Bonchev–Trinajstić information content (AvgIpc) is 3.07. The number of fused-ring (bicyclic) bond motifs is 5. The van der Waals surface area contributed by atoms with Crippen LogP contribution in [0.1, 0.15) is 31.9 Å². The Morgan fingerprint density at radius 2 is 1.78 bits per heavy atom. The van der Waals surface area contributed by atoms with Gasteiger partial charge in [0.2, 0.25) is 11.8 Å². The fraction of sp³-hybridized carbons (Fsp3) is 0.524. The SMILES string of the molecule is CCNC(=O)N1CC2(C)OC(C)(C1)[C@H]1C(=O)N(c3ccc(C#N)c(C(F)(F)F)c3)C(=O)[C@H]12. The lowest BCUT2D eigenvalue weighted by Gasteiger charge is -2.44. The van der Waals surface area contributed by atoms with Crippen LogP contribution in [-0.2, 0) is 20.5 Å². The van der Waals surface area contributed by atoms with Gasteiger partial charge in [0.25, 0.3) is 0 Å². The highest BCUT2D eigenvalue weighted by Crippen LogP contribution is 2.55. The molecule has 2 unspecified atom stereocenters. The van der Waals surface area contributed by atoms with Gasteiger partial charge in [0, 0.05) is 6.54 Å². The minimum absolute atomic E-state index is 0.0591. The van der Waals surface area contributed by atoms with Crippen LogP contribution >= 0.6 is 0 Å². The number of ether oxygens (including phenoxy) is 1. The summed E-state index contributed by atoms with van der Waals surface area (Å²) < 4.78 is 46.4. The van der Waals surface area contributed by atoms with E-state index in [4.69, 9.17) is 10.00 Å². The predicted molar refractivity (Wildman–Crippen MR) is 104 cm³/mol. The van der Waals surface area contributed by atoms with Crippen molar-refractivity contribution in [3.8, 4) is 6.07 Å². The van der Waals surface area contributed by atoms with Crippen LogP contribution in [0, 0.1) is 23.2 Å². The van der Waals surface area contributed by atoms with Gasteiger partial charge in [-0.1, -0.05) is 0 Å². The molecule has 4 atom stereocenters. The molecule has 0 aromatic heterocycles. The molecule has 3 aliphatic rings. The third kappa shape index (κ3) is 3.04. The van der Waals surface area contributed by atoms with E-state index >= 15 is 0 Å². The number of nitrogens with zero attached hydrogens (tertiary/aromatic N) is 3. The molecule has 170 valence electrons. The van der Waals surface area contributed by atoms with Crippen LogP contribution in [0.4, 0.5) is 23.7 Å². The van der Waals surface area contributed by atoms with Gasteiger partial charge < -0.3 is 15.0 Å². The van der Waals surface area contributed by atoms with Crippen LogP contribution < -0.4 is 10.2 Å². The Kier molecular flexibility index (Phi) is 4.78. The number of halogens is 3. The summed E-state index contributed by atoms with van der Waals surface area (Å²) in [6.45, 7) is 5.56. The topological polar surface area (TPSA) is 103 Å². The average molecular weight is 450 g/mol. The van der Waals surface area contributed by atoms with Gasteiger partial charge in [0.1, 0.15) is 0 Å². The molecule has 1 N–H and O–H groups in total. The molecule has 0 spiro atoms. The van der Waals surface area contributed by atoms with Crippen LogP contribution in [0.3, 0.4) is 0 Å². The van der Waals surface area contributed by atoms with E-state index in [-0.39, 0.29) is 24.8 Å². The molecule has 4 rings (SSSR count). The molecule has 1 aromatic rings. The molecule has 3 heterocycles. The Balaban J connectivity index is 1.73. The number of anilines is 1. The minimum atomic E-state index is -4.83. The normalized spacial score (nSPS) is 31.5. The standard InChI is InChI=1S/C21H21F3N4O4/c1-4-26-18(31)27-9-19(2)14-15(20(3,10-27)32-19)17(30)28(16(14)29)12-6-5-11(8-25)13(7-12)21(22,23)24/h5-7,14-15H,4,9-10H2,1-3H3,(H,26,31)/t14-,15+,19?,20?. The van der Waals surface area contributed by atoms with Gasteiger partial charge in [-0.25, -0.2) is 9.69 Å². The number of hydrogen-bond acceptors (Lipinski definition) is 5. The van der Waals surface area contributed by atoms with Crippen molar-refractivity contribution in [2.24, 2.45) is 11.8 Å². The van der Waals surface area contributed by atoms with E-state index < -0.39 is 52.2 Å². The number of amides is 4. The number of carbonyl (C=O) groups is 3. The number of benzene rings is 1. The molecule has 0 saturated carbocycles. The third-order valence-corrected chi connectivity index (χ3v) is 6.40. The Morgan fingerprint density at radius 1 is 1.22 bits per heavy atom. The Morgan fingerprint density at radius 3 is 2.25 bits per heavy atom. The summed E-state index contributed by atoms with van der Waals surface area (Å²) in [6.07, 6.45) is -4.83. The number of rotatable bonds is 2. The quantitative estimate of drug-likeness (QED) is 0.697. The zero-order chi connectivity index (χ0) is 23.6. The molecular formula is C21H21F3N4O4. The molecule has 11 heteroatoms.